The molecule has 0 bridgehead atoms. The molecule has 0 unspecified atom stereocenters. The number of aromatic nitrogens is 4. The van der Waals surface area contributed by atoms with E-state index in [1.165, 1.54) is 15.1 Å². The Balaban J connectivity index is 2.00. The maximum absolute atomic E-state index is 4.90. The summed E-state index contributed by atoms with van der Waals surface area (Å²) < 4.78 is 3.24. The summed E-state index contributed by atoms with van der Waals surface area (Å²) in [5, 5.41) is 4.80. The van der Waals surface area contributed by atoms with Crippen molar-refractivity contribution in [3.63, 3.8) is 0 Å². The Bertz CT molecular complexity index is 1020. The third-order valence-electron chi connectivity index (χ3n) is 4.86. The Labute approximate surface area is 151 Å². The molecule has 0 saturated carbocycles. The van der Waals surface area contributed by atoms with Crippen molar-refractivity contribution in [1.82, 2.24) is 19.6 Å². The van der Waals surface area contributed by atoms with Crippen LogP contribution in [0.15, 0.2) is 30.5 Å². The summed E-state index contributed by atoms with van der Waals surface area (Å²) in [6.07, 6.45) is 4.07. The van der Waals surface area contributed by atoms with Crippen LogP contribution in [0.2, 0.25) is 0 Å². The molecule has 0 atom stereocenters. The first-order valence-electron chi connectivity index (χ1n) is 8.84. The highest BCUT2D eigenvalue weighted by atomic mass is 32.1. The zero-order valence-corrected chi connectivity index (χ0v) is 15.9. The second-order valence-corrected chi connectivity index (χ2v) is 7.62. The predicted molar refractivity (Wildman–Crippen MR) is 104 cm³/mol. The summed E-state index contributed by atoms with van der Waals surface area (Å²) in [6.45, 7) is 8.63. The number of pyridine rings is 1. The summed E-state index contributed by atoms with van der Waals surface area (Å²) in [5.74, 6) is 0.517. The molecule has 0 aliphatic carbocycles. The van der Waals surface area contributed by atoms with E-state index < -0.39 is 0 Å². The van der Waals surface area contributed by atoms with Crippen LogP contribution in [-0.4, -0.2) is 19.6 Å². The largest absolute Gasteiger partial charge is 0.255 e. The monoisotopic (exact) mass is 350 g/mol. The molecule has 0 fully saturated rings. The zero-order chi connectivity index (χ0) is 17.6. The molecule has 4 aromatic heterocycles. The molecule has 5 heteroatoms. The van der Waals surface area contributed by atoms with Gasteiger partial charge >= 0.3 is 0 Å². The highest BCUT2D eigenvalue weighted by molar-refractivity contribution is 7.22. The van der Waals surface area contributed by atoms with Crippen molar-refractivity contribution >= 4 is 27.2 Å². The number of fused-ring (bicyclic) bond motifs is 2. The van der Waals surface area contributed by atoms with Crippen LogP contribution in [0.5, 0.6) is 0 Å². The van der Waals surface area contributed by atoms with Crippen molar-refractivity contribution in [2.45, 2.75) is 46.5 Å². The van der Waals surface area contributed by atoms with Crippen LogP contribution < -0.4 is 0 Å². The van der Waals surface area contributed by atoms with Gasteiger partial charge < -0.3 is 0 Å². The van der Waals surface area contributed by atoms with Crippen molar-refractivity contribution < 1.29 is 0 Å². The fraction of sp³-hybridized carbons (Fsp3) is 0.350. The molecule has 0 aliphatic heterocycles. The lowest BCUT2D eigenvalue weighted by Gasteiger charge is -2.14. The van der Waals surface area contributed by atoms with E-state index in [0.29, 0.717) is 5.92 Å². The van der Waals surface area contributed by atoms with Crippen molar-refractivity contribution in [2.24, 2.45) is 0 Å². The molecular formula is C20H22N4S. The van der Waals surface area contributed by atoms with E-state index >= 15 is 0 Å². The number of hydrogen-bond acceptors (Lipinski definition) is 4. The van der Waals surface area contributed by atoms with Gasteiger partial charge in [0.05, 0.1) is 26.5 Å². The molecule has 4 nitrogen and oxygen atoms in total. The Hall–Kier alpha value is -2.27. The molecule has 0 saturated heterocycles. The van der Waals surface area contributed by atoms with Crippen LogP contribution >= 0.6 is 11.3 Å². The normalized spacial score (nSPS) is 11.9. The Kier molecular flexibility index (Phi) is 4.04. The fourth-order valence-electron chi connectivity index (χ4n) is 3.58. The second-order valence-electron chi connectivity index (χ2n) is 6.53. The van der Waals surface area contributed by atoms with Crippen LogP contribution in [-0.2, 0) is 0 Å². The maximum atomic E-state index is 4.90. The smallest absolute Gasteiger partial charge is 0.158 e. The quantitative estimate of drug-likeness (QED) is 0.486. The number of aryl methyl sites for hydroxylation is 2. The van der Waals surface area contributed by atoms with Crippen molar-refractivity contribution in [2.75, 3.05) is 0 Å². The molecule has 0 radical (unpaired) electrons. The van der Waals surface area contributed by atoms with Gasteiger partial charge in [-0.2, -0.15) is 5.10 Å². The van der Waals surface area contributed by atoms with Gasteiger partial charge in [-0.15, -0.1) is 11.3 Å². The molecule has 4 heterocycles. The summed E-state index contributed by atoms with van der Waals surface area (Å²) in [6, 6.07) is 8.45. The molecule has 4 rings (SSSR count). The van der Waals surface area contributed by atoms with Crippen LogP contribution in [0.25, 0.3) is 26.4 Å². The van der Waals surface area contributed by atoms with E-state index in [2.05, 4.69) is 50.9 Å². The lowest BCUT2D eigenvalue weighted by Crippen LogP contribution is -2.04. The Morgan fingerprint density at radius 1 is 1.16 bits per heavy atom. The molecule has 4 aromatic rings. The van der Waals surface area contributed by atoms with Crippen molar-refractivity contribution in [1.29, 1.82) is 0 Å². The van der Waals surface area contributed by atoms with Crippen LogP contribution in [0, 0.1) is 13.8 Å². The van der Waals surface area contributed by atoms with Gasteiger partial charge in [0.25, 0.3) is 0 Å². The number of imidazole rings is 1. The van der Waals surface area contributed by atoms with Crippen molar-refractivity contribution in [3.8, 4) is 10.6 Å². The van der Waals surface area contributed by atoms with Gasteiger partial charge in [0.1, 0.15) is 5.69 Å². The molecule has 0 amide bonds. The van der Waals surface area contributed by atoms with E-state index in [0.717, 1.165) is 41.1 Å². The minimum Gasteiger partial charge on any atom is -0.255 e. The van der Waals surface area contributed by atoms with Gasteiger partial charge in [-0.3, -0.25) is 4.98 Å². The summed E-state index contributed by atoms with van der Waals surface area (Å²) >= 11 is 1.75. The topological polar surface area (TPSA) is 43.1 Å². The van der Waals surface area contributed by atoms with E-state index in [9.17, 15) is 0 Å². The molecule has 128 valence electrons. The van der Waals surface area contributed by atoms with Gasteiger partial charge in [0, 0.05) is 11.8 Å². The van der Waals surface area contributed by atoms with Gasteiger partial charge in [0.15, 0.2) is 5.65 Å². The third-order valence-corrected chi connectivity index (χ3v) is 5.95. The number of hydrogen-bond donors (Lipinski definition) is 0. The van der Waals surface area contributed by atoms with E-state index in [4.69, 9.17) is 10.1 Å². The molecule has 0 N–H and O–H groups in total. The summed E-state index contributed by atoms with van der Waals surface area (Å²) in [4.78, 5) is 10.5. The highest BCUT2D eigenvalue weighted by Gasteiger charge is 2.20. The number of nitrogens with zero attached hydrogens (tertiary/aromatic N) is 4. The first-order chi connectivity index (χ1) is 12.1. The first kappa shape index (κ1) is 16.2. The molecule has 0 spiro atoms. The van der Waals surface area contributed by atoms with E-state index in [1.54, 1.807) is 11.3 Å². The Morgan fingerprint density at radius 2 is 1.96 bits per heavy atom. The SMILES string of the molecule is CCC(CC)c1cc(C)nn2c(-c3cc4ncccc4s3)c(C)nc12. The molecule has 25 heavy (non-hydrogen) atoms. The van der Waals surface area contributed by atoms with Gasteiger partial charge in [-0.05, 0) is 56.9 Å². The number of thiophene rings is 1. The first-order valence-corrected chi connectivity index (χ1v) is 9.65. The maximum Gasteiger partial charge on any atom is 0.158 e. The lowest BCUT2D eigenvalue weighted by molar-refractivity contribution is 0.638. The zero-order valence-electron chi connectivity index (χ0n) is 15.1. The average molecular weight is 350 g/mol. The highest BCUT2D eigenvalue weighted by Crippen LogP contribution is 2.36. The Morgan fingerprint density at radius 3 is 2.68 bits per heavy atom. The van der Waals surface area contributed by atoms with Gasteiger partial charge in [0.2, 0.25) is 0 Å². The minimum atomic E-state index is 0.517. The fourth-order valence-corrected chi connectivity index (χ4v) is 4.68. The minimum absolute atomic E-state index is 0.517. The second kappa shape index (κ2) is 6.23. The predicted octanol–water partition coefficient (Wildman–Crippen LogP) is 5.53. The van der Waals surface area contributed by atoms with E-state index in [-0.39, 0.29) is 0 Å². The molecule has 0 aliphatic rings. The number of rotatable bonds is 4. The third kappa shape index (κ3) is 2.63. The summed E-state index contributed by atoms with van der Waals surface area (Å²) in [5.41, 5.74) is 6.49. The standard InChI is InChI=1S/C20H22N4S/c1-5-14(6-2)15-10-12(3)23-24-19(13(4)22-20(15)24)18-11-16-17(25-18)8-7-9-21-16/h7-11,14H,5-6H2,1-4H3. The average Bonchev–Trinajstić information content (AvgIpc) is 3.15. The van der Waals surface area contributed by atoms with Crippen LogP contribution in [0.1, 0.15) is 49.6 Å². The lowest BCUT2D eigenvalue weighted by atomic mass is 9.95. The molecular weight excluding hydrogens is 328 g/mol. The molecule has 0 aromatic carbocycles. The summed E-state index contributed by atoms with van der Waals surface area (Å²) in [7, 11) is 0. The van der Waals surface area contributed by atoms with E-state index in [1.807, 2.05) is 16.8 Å². The van der Waals surface area contributed by atoms with Crippen LogP contribution in [0.3, 0.4) is 0 Å². The van der Waals surface area contributed by atoms with Crippen molar-refractivity contribution in [3.05, 3.63) is 47.4 Å². The van der Waals surface area contributed by atoms with Gasteiger partial charge in [-0.25, -0.2) is 9.50 Å². The van der Waals surface area contributed by atoms with Gasteiger partial charge in [-0.1, -0.05) is 13.8 Å². The van der Waals surface area contributed by atoms with Crippen LogP contribution in [0.4, 0.5) is 0 Å².